The first-order valence-electron chi connectivity index (χ1n) is 6.02. The molecule has 1 aromatic heterocycles. The van der Waals surface area contributed by atoms with Crippen molar-refractivity contribution >= 4 is 15.9 Å². The molecule has 0 aliphatic rings. The first kappa shape index (κ1) is 13.3. The van der Waals surface area contributed by atoms with Gasteiger partial charge in [0.25, 0.3) is 0 Å². The number of nitrogens with zero attached hydrogens (tertiary/aromatic N) is 2. The summed E-state index contributed by atoms with van der Waals surface area (Å²) in [5.74, 6) is 0. The maximum absolute atomic E-state index is 10.6. The molecule has 18 heavy (non-hydrogen) atoms. The predicted molar refractivity (Wildman–Crippen MR) is 75.3 cm³/mol. The average molecular weight is 309 g/mol. The first-order chi connectivity index (χ1) is 8.53. The molecular formula is C14H17BrN2O. The molecule has 1 atom stereocenters. The molecule has 0 radical (unpaired) electrons. The molecule has 0 spiro atoms. The van der Waals surface area contributed by atoms with Gasteiger partial charge in [0.05, 0.1) is 5.69 Å². The monoisotopic (exact) mass is 308 g/mol. The van der Waals surface area contributed by atoms with Crippen LogP contribution < -0.4 is 0 Å². The Morgan fingerprint density at radius 2 is 1.94 bits per heavy atom. The number of benzene rings is 1. The Bertz CT molecular complexity index is 517. The Kier molecular flexibility index (Phi) is 3.88. The van der Waals surface area contributed by atoms with Gasteiger partial charge in [0.2, 0.25) is 0 Å². The Hall–Kier alpha value is -1.13. The summed E-state index contributed by atoms with van der Waals surface area (Å²) in [6, 6.07) is 9.89. The number of hydrogen-bond donors (Lipinski definition) is 1. The van der Waals surface area contributed by atoms with Crippen molar-refractivity contribution in [3.63, 3.8) is 0 Å². The van der Waals surface area contributed by atoms with Crippen LogP contribution in [0.5, 0.6) is 0 Å². The van der Waals surface area contributed by atoms with Gasteiger partial charge in [-0.05, 0) is 37.6 Å². The first-order valence-corrected chi connectivity index (χ1v) is 6.81. The Morgan fingerprint density at radius 1 is 1.28 bits per heavy atom. The van der Waals surface area contributed by atoms with Crippen molar-refractivity contribution in [3.05, 3.63) is 52.3 Å². The van der Waals surface area contributed by atoms with Crippen LogP contribution in [-0.2, 0) is 18.6 Å². The van der Waals surface area contributed by atoms with Gasteiger partial charge < -0.3 is 5.11 Å². The van der Waals surface area contributed by atoms with Gasteiger partial charge >= 0.3 is 0 Å². The lowest BCUT2D eigenvalue weighted by molar-refractivity contribution is 0.0480. The van der Waals surface area contributed by atoms with E-state index in [1.54, 1.807) is 6.20 Å². The molecule has 96 valence electrons. The van der Waals surface area contributed by atoms with Gasteiger partial charge in [0, 0.05) is 23.6 Å². The molecule has 2 aromatic rings. The lowest BCUT2D eigenvalue weighted by Crippen LogP contribution is -2.28. The molecule has 0 saturated carbocycles. The highest BCUT2D eigenvalue weighted by Crippen LogP contribution is 2.25. The molecule has 1 aromatic carbocycles. The molecule has 4 heteroatoms. The molecule has 0 bridgehead atoms. The Morgan fingerprint density at radius 3 is 2.56 bits per heavy atom. The van der Waals surface area contributed by atoms with E-state index >= 15 is 0 Å². The zero-order valence-electron chi connectivity index (χ0n) is 10.6. The fourth-order valence-corrected chi connectivity index (χ4v) is 2.40. The predicted octanol–water partition coefficient (Wildman–Crippen LogP) is 3.12. The van der Waals surface area contributed by atoms with E-state index in [0.717, 1.165) is 22.3 Å². The van der Waals surface area contributed by atoms with Gasteiger partial charge in [0.15, 0.2) is 0 Å². The fourth-order valence-electron chi connectivity index (χ4n) is 2.13. The third kappa shape index (κ3) is 2.82. The molecular weight excluding hydrogens is 292 g/mol. The maximum atomic E-state index is 10.6. The van der Waals surface area contributed by atoms with E-state index in [-0.39, 0.29) is 0 Å². The second-order valence-electron chi connectivity index (χ2n) is 4.61. The molecule has 0 aliphatic heterocycles. The zero-order valence-corrected chi connectivity index (χ0v) is 12.2. The summed E-state index contributed by atoms with van der Waals surface area (Å²) in [4.78, 5) is 0. The fraction of sp³-hybridized carbons (Fsp3) is 0.357. The molecule has 0 fully saturated rings. The van der Waals surface area contributed by atoms with Gasteiger partial charge in [-0.1, -0.05) is 28.1 Å². The van der Waals surface area contributed by atoms with E-state index in [2.05, 4.69) is 21.0 Å². The van der Waals surface area contributed by atoms with Crippen LogP contribution in [-0.4, -0.2) is 14.9 Å². The quantitative estimate of drug-likeness (QED) is 0.942. The standard InChI is InChI=1S/C14H17BrN2O/c1-3-17-13(8-9-16-17)14(2,18)10-11-4-6-12(15)7-5-11/h4-9,18H,3,10H2,1-2H3. The number of aryl methyl sites for hydroxylation is 1. The number of aliphatic hydroxyl groups is 1. The zero-order chi connectivity index (χ0) is 13.2. The molecule has 1 heterocycles. The van der Waals surface area contributed by atoms with Crippen molar-refractivity contribution in [3.8, 4) is 0 Å². The average Bonchev–Trinajstić information content (AvgIpc) is 2.81. The molecule has 3 nitrogen and oxygen atoms in total. The van der Waals surface area contributed by atoms with Crippen LogP contribution in [0, 0.1) is 0 Å². The highest BCUT2D eigenvalue weighted by molar-refractivity contribution is 9.10. The summed E-state index contributed by atoms with van der Waals surface area (Å²) in [5, 5.41) is 14.8. The van der Waals surface area contributed by atoms with Crippen LogP contribution in [0.25, 0.3) is 0 Å². The van der Waals surface area contributed by atoms with Crippen LogP contribution >= 0.6 is 15.9 Å². The van der Waals surface area contributed by atoms with E-state index in [9.17, 15) is 5.11 Å². The van der Waals surface area contributed by atoms with E-state index < -0.39 is 5.60 Å². The summed E-state index contributed by atoms with van der Waals surface area (Å²) < 4.78 is 2.88. The summed E-state index contributed by atoms with van der Waals surface area (Å²) >= 11 is 3.41. The third-order valence-electron chi connectivity index (χ3n) is 3.03. The summed E-state index contributed by atoms with van der Waals surface area (Å²) in [6.45, 7) is 4.61. The summed E-state index contributed by atoms with van der Waals surface area (Å²) in [7, 11) is 0. The van der Waals surface area contributed by atoms with E-state index in [1.165, 1.54) is 0 Å². The van der Waals surface area contributed by atoms with E-state index in [0.29, 0.717) is 6.42 Å². The Labute approximate surface area is 116 Å². The van der Waals surface area contributed by atoms with Gasteiger partial charge in [-0.25, -0.2) is 0 Å². The topological polar surface area (TPSA) is 38.0 Å². The van der Waals surface area contributed by atoms with Gasteiger partial charge in [-0.15, -0.1) is 0 Å². The van der Waals surface area contributed by atoms with Crippen molar-refractivity contribution in [1.82, 2.24) is 9.78 Å². The van der Waals surface area contributed by atoms with E-state index in [1.807, 2.05) is 48.9 Å². The van der Waals surface area contributed by atoms with E-state index in [4.69, 9.17) is 0 Å². The number of hydrogen-bond acceptors (Lipinski definition) is 2. The minimum Gasteiger partial charge on any atom is -0.384 e. The largest absolute Gasteiger partial charge is 0.384 e. The molecule has 0 amide bonds. The molecule has 0 saturated heterocycles. The van der Waals surface area contributed by atoms with Crippen molar-refractivity contribution in [2.24, 2.45) is 0 Å². The van der Waals surface area contributed by atoms with Gasteiger partial charge in [-0.3, -0.25) is 4.68 Å². The maximum Gasteiger partial charge on any atom is 0.107 e. The molecule has 1 unspecified atom stereocenters. The SMILES string of the molecule is CCn1nccc1C(C)(O)Cc1ccc(Br)cc1. The number of aromatic nitrogens is 2. The van der Waals surface area contributed by atoms with Crippen molar-refractivity contribution < 1.29 is 5.11 Å². The minimum absolute atomic E-state index is 0.575. The second-order valence-corrected chi connectivity index (χ2v) is 5.52. The van der Waals surface area contributed by atoms with Crippen LogP contribution in [0.1, 0.15) is 25.1 Å². The lowest BCUT2D eigenvalue weighted by Gasteiger charge is -2.24. The second kappa shape index (κ2) is 5.24. The van der Waals surface area contributed by atoms with Crippen LogP contribution in [0.15, 0.2) is 41.0 Å². The van der Waals surface area contributed by atoms with Crippen LogP contribution in [0.4, 0.5) is 0 Å². The number of rotatable bonds is 4. The van der Waals surface area contributed by atoms with Crippen molar-refractivity contribution in [2.45, 2.75) is 32.4 Å². The van der Waals surface area contributed by atoms with Gasteiger partial charge in [-0.2, -0.15) is 5.10 Å². The molecule has 0 aliphatic carbocycles. The summed E-state index contributed by atoms with van der Waals surface area (Å²) in [6.07, 6.45) is 2.31. The smallest absolute Gasteiger partial charge is 0.107 e. The summed E-state index contributed by atoms with van der Waals surface area (Å²) in [5.41, 5.74) is 1.06. The third-order valence-corrected chi connectivity index (χ3v) is 3.56. The minimum atomic E-state index is -0.902. The van der Waals surface area contributed by atoms with Crippen LogP contribution in [0.3, 0.4) is 0 Å². The highest BCUT2D eigenvalue weighted by Gasteiger charge is 2.27. The normalized spacial score (nSPS) is 14.4. The van der Waals surface area contributed by atoms with Crippen molar-refractivity contribution in [1.29, 1.82) is 0 Å². The number of halogens is 1. The lowest BCUT2D eigenvalue weighted by atomic mass is 9.93. The van der Waals surface area contributed by atoms with Gasteiger partial charge in [0.1, 0.15) is 5.60 Å². The molecule has 2 rings (SSSR count). The van der Waals surface area contributed by atoms with Crippen LogP contribution in [0.2, 0.25) is 0 Å². The molecule has 1 N–H and O–H groups in total. The highest BCUT2D eigenvalue weighted by atomic mass is 79.9. The Balaban J connectivity index is 2.23. The van der Waals surface area contributed by atoms with Crippen molar-refractivity contribution in [2.75, 3.05) is 0 Å².